The summed E-state index contributed by atoms with van der Waals surface area (Å²) in [5, 5.41) is 9.18. The predicted molar refractivity (Wildman–Crippen MR) is 131 cm³/mol. The van der Waals surface area contributed by atoms with Gasteiger partial charge < -0.3 is 25.6 Å². The number of hydrogen-bond donors (Lipinski definition) is 3. The Morgan fingerprint density at radius 3 is 2.38 bits per heavy atom. The summed E-state index contributed by atoms with van der Waals surface area (Å²) in [7, 11) is 2.11. The van der Waals surface area contributed by atoms with Gasteiger partial charge >= 0.3 is 6.09 Å². The molecule has 0 saturated heterocycles. The number of amides is 1. The van der Waals surface area contributed by atoms with Crippen LogP contribution in [0, 0.1) is 0 Å². The lowest BCUT2D eigenvalue weighted by molar-refractivity contribution is 0.0529. The summed E-state index contributed by atoms with van der Waals surface area (Å²) < 4.78 is 5.22. The van der Waals surface area contributed by atoms with Crippen LogP contribution < -0.4 is 16.0 Å². The number of carbonyl (C=O) groups excluding carboxylic acids is 1. The third kappa shape index (κ3) is 13.3. The summed E-state index contributed by atoms with van der Waals surface area (Å²) in [6.07, 6.45) is -0.412. The van der Waals surface area contributed by atoms with E-state index in [1.807, 2.05) is 27.7 Å². The molecule has 0 radical (unpaired) electrons. The number of halogens is 1. The molecule has 1 rings (SSSR count). The van der Waals surface area contributed by atoms with Crippen molar-refractivity contribution in [2.24, 2.45) is 4.99 Å². The van der Waals surface area contributed by atoms with Crippen molar-refractivity contribution in [3.63, 3.8) is 0 Å². The van der Waals surface area contributed by atoms with Crippen LogP contribution in [0.25, 0.3) is 0 Å². The monoisotopic (exact) mass is 519 g/mol. The van der Waals surface area contributed by atoms with Gasteiger partial charge in [-0.05, 0) is 52.4 Å². The van der Waals surface area contributed by atoms with Gasteiger partial charge in [0.05, 0.1) is 6.54 Å². The normalized spacial score (nSPS) is 11.6. The van der Waals surface area contributed by atoms with Crippen LogP contribution in [0.15, 0.2) is 29.3 Å². The van der Waals surface area contributed by atoms with E-state index in [4.69, 9.17) is 4.74 Å². The van der Waals surface area contributed by atoms with Crippen LogP contribution >= 0.6 is 24.0 Å². The second-order valence-electron chi connectivity index (χ2n) is 7.70. The van der Waals surface area contributed by atoms with Crippen molar-refractivity contribution >= 4 is 36.0 Å². The molecular weight excluding hydrogens is 481 g/mol. The SMILES string of the molecule is CCNC(=NCc1cccc(CN(C)CC)c1)NCCNC(=O)OC(C)(C)C.I. The van der Waals surface area contributed by atoms with Crippen molar-refractivity contribution in [3.05, 3.63) is 35.4 Å². The lowest BCUT2D eigenvalue weighted by atomic mass is 10.1. The van der Waals surface area contributed by atoms with E-state index in [0.717, 1.165) is 25.6 Å². The average molecular weight is 519 g/mol. The van der Waals surface area contributed by atoms with Gasteiger partial charge in [0.25, 0.3) is 0 Å². The summed E-state index contributed by atoms with van der Waals surface area (Å²) in [5.41, 5.74) is 1.97. The molecule has 0 aliphatic rings. The molecule has 0 aliphatic carbocycles. The van der Waals surface area contributed by atoms with Gasteiger partial charge in [-0.15, -0.1) is 24.0 Å². The number of benzene rings is 1. The molecule has 0 heterocycles. The highest BCUT2D eigenvalue weighted by molar-refractivity contribution is 14.0. The Bertz CT molecular complexity index is 632. The Balaban J connectivity index is 0.00000784. The highest BCUT2D eigenvalue weighted by Gasteiger charge is 2.15. The van der Waals surface area contributed by atoms with Gasteiger partial charge in [-0.25, -0.2) is 9.79 Å². The summed E-state index contributed by atoms with van der Waals surface area (Å²) >= 11 is 0. The van der Waals surface area contributed by atoms with Crippen LogP contribution in [0.3, 0.4) is 0 Å². The molecule has 0 saturated carbocycles. The summed E-state index contributed by atoms with van der Waals surface area (Å²) in [6.45, 7) is 14.0. The van der Waals surface area contributed by atoms with Crippen LogP contribution in [-0.2, 0) is 17.8 Å². The van der Waals surface area contributed by atoms with Crippen LogP contribution in [-0.4, -0.2) is 55.8 Å². The molecule has 166 valence electrons. The maximum absolute atomic E-state index is 11.7. The first-order chi connectivity index (χ1) is 13.2. The fourth-order valence-electron chi connectivity index (χ4n) is 2.42. The second-order valence-corrected chi connectivity index (χ2v) is 7.70. The Kier molecular flexibility index (Phi) is 13.7. The molecule has 1 amide bonds. The zero-order valence-electron chi connectivity index (χ0n) is 18.7. The Morgan fingerprint density at radius 1 is 1.10 bits per heavy atom. The minimum atomic E-state index is -0.492. The molecular formula is C21H38IN5O2. The van der Waals surface area contributed by atoms with Crippen molar-refractivity contribution in [1.29, 1.82) is 0 Å². The predicted octanol–water partition coefficient (Wildman–Crippen LogP) is 3.34. The van der Waals surface area contributed by atoms with E-state index in [2.05, 4.69) is 64.1 Å². The number of guanidine groups is 1. The number of rotatable bonds is 9. The number of ether oxygens (including phenoxy) is 1. The number of nitrogens with zero attached hydrogens (tertiary/aromatic N) is 2. The highest BCUT2D eigenvalue weighted by Crippen LogP contribution is 2.09. The molecule has 3 N–H and O–H groups in total. The third-order valence-corrected chi connectivity index (χ3v) is 3.83. The molecule has 0 spiro atoms. The van der Waals surface area contributed by atoms with Crippen molar-refractivity contribution in [3.8, 4) is 0 Å². The zero-order valence-corrected chi connectivity index (χ0v) is 21.0. The van der Waals surface area contributed by atoms with E-state index in [-0.39, 0.29) is 24.0 Å². The van der Waals surface area contributed by atoms with E-state index < -0.39 is 11.7 Å². The maximum Gasteiger partial charge on any atom is 0.407 e. The minimum Gasteiger partial charge on any atom is -0.444 e. The third-order valence-electron chi connectivity index (χ3n) is 3.83. The molecule has 7 nitrogen and oxygen atoms in total. The van der Waals surface area contributed by atoms with E-state index in [1.54, 1.807) is 0 Å². The van der Waals surface area contributed by atoms with Gasteiger partial charge in [-0.2, -0.15) is 0 Å². The first-order valence-electron chi connectivity index (χ1n) is 9.99. The average Bonchev–Trinajstić information content (AvgIpc) is 2.62. The zero-order chi connectivity index (χ0) is 21.0. The lowest BCUT2D eigenvalue weighted by Crippen LogP contribution is -2.42. The van der Waals surface area contributed by atoms with Gasteiger partial charge in [0, 0.05) is 26.2 Å². The number of alkyl carbamates (subject to hydrolysis) is 1. The molecule has 0 unspecified atom stereocenters. The molecule has 0 aromatic heterocycles. The lowest BCUT2D eigenvalue weighted by Gasteiger charge is -2.20. The van der Waals surface area contributed by atoms with Gasteiger partial charge in [0.1, 0.15) is 5.60 Å². The minimum absolute atomic E-state index is 0. The van der Waals surface area contributed by atoms with Crippen LogP contribution in [0.1, 0.15) is 45.7 Å². The molecule has 0 bridgehead atoms. The molecule has 1 aromatic rings. The smallest absolute Gasteiger partial charge is 0.407 e. The molecule has 0 aliphatic heterocycles. The quantitative estimate of drug-likeness (QED) is 0.202. The van der Waals surface area contributed by atoms with Gasteiger partial charge in [0.15, 0.2) is 5.96 Å². The molecule has 8 heteroatoms. The number of hydrogen-bond acceptors (Lipinski definition) is 4. The van der Waals surface area contributed by atoms with Crippen molar-refractivity contribution in [2.75, 3.05) is 33.2 Å². The molecule has 1 aromatic carbocycles. The van der Waals surface area contributed by atoms with Crippen LogP contribution in [0.4, 0.5) is 4.79 Å². The van der Waals surface area contributed by atoms with Crippen molar-refractivity contribution < 1.29 is 9.53 Å². The Hall–Kier alpha value is -1.55. The van der Waals surface area contributed by atoms with E-state index in [1.165, 1.54) is 11.1 Å². The summed E-state index contributed by atoms with van der Waals surface area (Å²) in [5.74, 6) is 0.726. The highest BCUT2D eigenvalue weighted by atomic mass is 127. The Morgan fingerprint density at radius 2 is 1.76 bits per heavy atom. The molecule has 29 heavy (non-hydrogen) atoms. The van der Waals surface area contributed by atoms with Gasteiger partial charge in [-0.1, -0.05) is 31.2 Å². The Labute approximate surface area is 193 Å². The molecule has 0 fully saturated rings. The summed E-state index contributed by atoms with van der Waals surface area (Å²) in [6, 6.07) is 8.51. The second kappa shape index (κ2) is 14.4. The van der Waals surface area contributed by atoms with Gasteiger partial charge in [0.2, 0.25) is 0 Å². The number of nitrogens with one attached hydrogen (secondary N) is 3. The molecule has 0 atom stereocenters. The van der Waals surface area contributed by atoms with Crippen molar-refractivity contribution in [1.82, 2.24) is 20.9 Å². The van der Waals surface area contributed by atoms with Crippen LogP contribution in [0.5, 0.6) is 0 Å². The van der Waals surface area contributed by atoms with Crippen molar-refractivity contribution in [2.45, 2.75) is 53.3 Å². The first kappa shape index (κ1) is 27.5. The first-order valence-corrected chi connectivity index (χ1v) is 9.99. The van der Waals surface area contributed by atoms with Gasteiger partial charge in [-0.3, -0.25) is 0 Å². The van der Waals surface area contributed by atoms with Crippen LogP contribution in [0.2, 0.25) is 0 Å². The summed E-state index contributed by atoms with van der Waals surface area (Å²) in [4.78, 5) is 18.6. The standard InChI is InChI=1S/C21H37N5O2.HI/c1-7-22-19(23-12-13-24-20(27)28-21(3,4)5)25-15-17-10-9-11-18(14-17)16-26(6)8-2;/h9-11,14H,7-8,12-13,15-16H2,1-6H3,(H,24,27)(H2,22,23,25);1H. The topological polar surface area (TPSA) is 78.0 Å². The van der Waals surface area contributed by atoms with E-state index >= 15 is 0 Å². The largest absolute Gasteiger partial charge is 0.444 e. The van der Waals surface area contributed by atoms with E-state index in [0.29, 0.717) is 19.6 Å². The fraction of sp³-hybridized carbons (Fsp3) is 0.619. The van der Waals surface area contributed by atoms with E-state index in [9.17, 15) is 4.79 Å². The fourth-order valence-corrected chi connectivity index (χ4v) is 2.42. The number of carbonyl (C=O) groups is 1. The maximum atomic E-state index is 11.7. The number of aliphatic imine (C=N–C) groups is 1.